The van der Waals surface area contributed by atoms with Gasteiger partial charge < -0.3 is 16.9 Å². The molecule has 0 spiro atoms. The van der Waals surface area contributed by atoms with Crippen LogP contribution in [0.3, 0.4) is 0 Å². The first-order chi connectivity index (χ1) is 21.0. The minimum absolute atomic E-state index is 0. The zero-order valence-corrected chi connectivity index (χ0v) is 31.4. The van der Waals surface area contributed by atoms with Gasteiger partial charge in [-0.2, -0.15) is 12.8 Å². The third kappa shape index (κ3) is 15.2. The van der Waals surface area contributed by atoms with Crippen molar-refractivity contribution in [3.63, 3.8) is 0 Å². The molecule has 2 aliphatic carbocycles. The van der Waals surface area contributed by atoms with E-state index in [9.17, 15) is 12.9 Å². The molecule has 4 rings (SSSR count). The van der Waals surface area contributed by atoms with Crippen LogP contribution in [0.4, 0.5) is 12.9 Å². The molecule has 0 saturated heterocycles. The first kappa shape index (κ1) is 44.0. The van der Waals surface area contributed by atoms with E-state index in [1.165, 1.54) is 0 Å². The van der Waals surface area contributed by atoms with Crippen molar-refractivity contribution in [1.29, 1.82) is 0 Å². The van der Waals surface area contributed by atoms with Gasteiger partial charge in [-0.3, -0.25) is 34.9 Å². The second kappa shape index (κ2) is 24.2. The van der Waals surface area contributed by atoms with E-state index in [1.54, 1.807) is 10.6 Å². The minimum Gasteiger partial charge on any atom is -1.00 e. The van der Waals surface area contributed by atoms with Crippen molar-refractivity contribution in [2.75, 3.05) is 0 Å². The summed E-state index contributed by atoms with van der Waals surface area (Å²) in [5.74, 6) is 0. The molecular weight excluding hydrogens is 705 g/mol. The number of halogens is 5. The van der Waals surface area contributed by atoms with Crippen LogP contribution in [0.25, 0.3) is 0 Å². The summed E-state index contributed by atoms with van der Waals surface area (Å²) in [6, 6.07) is 26.1. The van der Waals surface area contributed by atoms with E-state index in [-0.39, 0.29) is 4.70 Å². The molecule has 0 N–H and O–H groups in total. The predicted molar refractivity (Wildman–Crippen MR) is 185 cm³/mol. The molecule has 0 bridgehead atoms. The van der Waals surface area contributed by atoms with Crippen LogP contribution in [0.1, 0.15) is 81.1 Å². The summed E-state index contributed by atoms with van der Waals surface area (Å²) in [5, 5.41) is 3.09. The van der Waals surface area contributed by atoms with E-state index in [4.69, 9.17) is 0 Å². The molecule has 0 amide bonds. The molecule has 2 aliphatic rings. The third-order valence-electron chi connectivity index (χ3n) is 7.68. The van der Waals surface area contributed by atoms with Gasteiger partial charge in [0.25, 0.3) is 0 Å². The van der Waals surface area contributed by atoms with Crippen LogP contribution in [0.2, 0.25) is 0 Å². The third-order valence-corrected chi connectivity index (χ3v) is 10.9. The summed E-state index contributed by atoms with van der Waals surface area (Å²) in [6.07, 6.45) is 15.0. The molecule has 2 atom stereocenters. The predicted octanol–water partition coefficient (Wildman–Crippen LogP) is 6.06. The van der Waals surface area contributed by atoms with Gasteiger partial charge in [0, 0.05) is 24.2 Å². The first-order valence-corrected chi connectivity index (χ1v) is 19.3. The Morgan fingerprint density at radius 1 is 0.667 bits per heavy atom. The zero-order chi connectivity index (χ0) is 33.2. The van der Waals surface area contributed by atoms with Gasteiger partial charge in [-0.15, -0.1) is 0 Å². The molecule has 2 aromatic rings. The quantitative estimate of drug-likeness (QED) is 0.133. The fraction of sp³-hybridized carbons (Fsp3) is 0.543. The standard InChI is InChI=1S/C27H41N2P.C8H10.BF3.ClH.FH.Rh/c1-19(2)28(20(3)4)25-26(29(21(5)6)22(7)8)27(25)30(23-15-11-9-12-16-23)24-17-13-10-14-18-24;1-2-4-6-8-7-5-3-1;2-1(3)4;;;/h9-22,25-27H,1-8H3;1,8H,2,4-5,7H2;;2*1H;/q;-2;;;;+3/p-1. The van der Waals surface area contributed by atoms with Crippen molar-refractivity contribution in [3.05, 3.63) is 85.0 Å². The molecular formula is C35H52BClF4N2PRh. The second-order valence-electron chi connectivity index (χ2n) is 12.1. The van der Waals surface area contributed by atoms with Crippen LogP contribution < -0.4 is 15.3 Å². The molecule has 254 valence electrons. The van der Waals surface area contributed by atoms with E-state index < -0.39 is 15.5 Å². The Balaban J connectivity index is 0.00000108. The van der Waals surface area contributed by atoms with Gasteiger partial charge >= 0.3 is 34.5 Å². The van der Waals surface area contributed by atoms with Gasteiger partial charge in [0.15, 0.2) is 0 Å². The molecule has 2 aromatic carbocycles. The number of nitrogens with zero attached hydrogens (tertiary/aromatic N) is 2. The number of hydrogen-bond acceptors (Lipinski definition) is 2. The minimum atomic E-state index is -3.67. The van der Waals surface area contributed by atoms with Crippen molar-refractivity contribution in [3.8, 4) is 0 Å². The maximum atomic E-state index is 9.67. The molecule has 1 saturated carbocycles. The van der Waals surface area contributed by atoms with Crippen LogP contribution in [-0.2, 0) is 17.3 Å². The molecule has 2 nitrogen and oxygen atoms in total. The number of rotatable bonds is 9. The van der Waals surface area contributed by atoms with Crippen LogP contribution in [0, 0.1) is 12.2 Å². The summed E-state index contributed by atoms with van der Waals surface area (Å²) < 4.78 is 29.0. The van der Waals surface area contributed by atoms with E-state index in [1.807, 2.05) is 17.3 Å². The summed E-state index contributed by atoms with van der Waals surface area (Å²) in [5.41, 5.74) is 0.689. The average Bonchev–Trinajstić information content (AvgIpc) is 3.62. The van der Waals surface area contributed by atoms with E-state index in [0.717, 1.165) is 25.7 Å². The van der Waals surface area contributed by atoms with Gasteiger partial charge in [0.2, 0.25) is 0 Å². The Bertz CT molecular complexity index is 954. The Labute approximate surface area is 287 Å². The van der Waals surface area contributed by atoms with Crippen molar-refractivity contribution in [2.24, 2.45) is 0 Å². The van der Waals surface area contributed by atoms with Crippen molar-refractivity contribution < 1.29 is 35.0 Å². The summed E-state index contributed by atoms with van der Waals surface area (Å²) in [7, 11) is -0.0445. The Kier molecular flexibility index (Phi) is 23.6. The molecule has 10 heteroatoms. The normalized spacial score (nSPS) is 18.8. The molecule has 1 fully saturated rings. The Morgan fingerprint density at radius 3 is 1.22 bits per heavy atom. The monoisotopic (exact) mass is 756 g/mol. The zero-order valence-electron chi connectivity index (χ0n) is 28.0. The molecule has 2 unspecified atom stereocenters. The Hall–Kier alpha value is -1.03. The molecule has 0 aliphatic heterocycles. The topological polar surface area (TPSA) is 6.48 Å². The maximum absolute atomic E-state index is 9.67. The summed E-state index contributed by atoms with van der Waals surface area (Å²) in [6.45, 7) is 19.0. The SMILES string of the molecule is CC(C)N(C(C)C)C1C(N(C(C)C)C(C)C)C1[PH+](c1ccccc1)c1ccccc1.FB(F)F.[C-]1=CCC[C-]=CCC1.[Cl][Rh+2].[F-]. The molecule has 45 heavy (non-hydrogen) atoms. The average molecular weight is 757 g/mol. The maximum Gasteiger partial charge on any atom is -1.00 e. The van der Waals surface area contributed by atoms with Crippen molar-refractivity contribution in [1.82, 2.24) is 9.80 Å². The fourth-order valence-corrected chi connectivity index (χ4v) is 9.94. The number of allylic oxidation sites excluding steroid dienone is 4. The van der Waals surface area contributed by atoms with E-state index in [0.29, 0.717) is 41.9 Å². The first-order valence-electron chi connectivity index (χ1n) is 15.7. The van der Waals surface area contributed by atoms with Crippen LogP contribution in [0.5, 0.6) is 0 Å². The summed E-state index contributed by atoms with van der Waals surface area (Å²) >= 11 is 2.02. The number of benzene rings is 2. The van der Waals surface area contributed by atoms with Gasteiger partial charge in [-0.05, 0) is 79.7 Å². The van der Waals surface area contributed by atoms with Gasteiger partial charge in [0.05, 0.1) is 30.6 Å². The van der Waals surface area contributed by atoms with E-state index >= 15 is 0 Å². The molecule has 0 radical (unpaired) electrons. The van der Waals surface area contributed by atoms with Crippen LogP contribution >= 0.6 is 17.6 Å². The van der Waals surface area contributed by atoms with E-state index in [2.05, 4.69) is 160 Å². The fourth-order valence-electron chi connectivity index (χ4n) is 6.42. The van der Waals surface area contributed by atoms with Crippen molar-refractivity contribution >= 4 is 35.8 Å². The van der Waals surface area contributed by atoms with Crippen molar-refractivity contribution in [2.45, 2.75) is 123 Å². The molecule has 0 heterocycles. The van der Waals surface area contributed by atoms with Gasteiger partial charge in [-0.1, -0.05) is 49.2 Å². The molecule has 0 aromatic heterocycles. The summed E-state index contributed by atoms with van der Waals surface area (Å²) in [4.78, 5) is 5.59. The van der Waals surface area contributed by atoms with Crippen LogP contribution in [-0.4, -0.2) is 59.3 Å². The van der Waals surface area contributed by atoms with Gasteiger partial charge in [-0.25, -0.2) is 0 Å². The van der Waals surface area contributed by atoms with Crippen LogP contribution in [0.15, 0.2) is 72.8 Å². The second-order valence-corrected chi connectivity index (χ2v) is 14.7. The van der Waals surface area contributed by atoms with Gasteiger partial charge in [0.1, 0.15) is 5.66 Å². The number of hydrogen-bond donors (Lipinski definition) is 0. The Morgan fingerprint density at radius 2 is 0.956 bits per heavy atom. The largest absolute Gasteiger partial charge is 1.00 e. The smallest absolute Gasteiger partial charge is 1.00 e.